The van der Waals surface area contributed by atoms with Gasteiger partial charge in [0.25, 0.3) is 5.91 Å². The summed E-state index contributed by atoms with van der Waals surface area (Å²) in [6, 6.07) is 10.8. The van der Waals surface area contributed by atoms with Gasteiger partial charge in [0.05, 0.1) is 11.9 Å². The van der Waals surface area contributed by atoms with Crippen LogP contribution in [0.5, 0.6) is 0 Å². The normalized spacial score (nSPS) is 13.8. The number of sulfonamides is 1. The van der Waals surface area contributed by atoms with Crippen LogP contribution in [0.1, 0.15) is 46.6 Å². The molecule has 4 rings (SSSR count). The smallest absolute Gasteiger partial charge is 0.255 e. The van der Waals surface area contributed by atoms with Crippen molar-refractivity contribution in [1.82, 2.24) is 14.8 Å². The Balaban J connectivity index is 1.61. The average molecular weight is 454 g/mol. The molecule has 0 atom stereocenters. The summed E-state index contributed by atoms with van der Waals surface area (Å²) in [5.74, 6) is 1.50. The van der Waals surface area contributed by atoms with Crippen LogP contribution in [0.3, 0.4) is 0 Å². The molecular formula is C23H27N5O3S. The summed E-state index contributed by atoms with van der Waals surface area (Å²) >= 11 is 0. The van der Waals surface area contributed by atoms with Gasteiger partial charge in [0.2, 0.25) is 10.0 Å². The first-order valence-corrected chi connectivity index (χ1v) is 12.5. The summed E-state index contributed by atoms with van der Waals surface area (Å²) < 4.78 is 27.9. The third-order valence-corrected chi connectivity index (χ3v) is 6.24. The molecule has 8 nitrogen and oxygen atoms in total. The van der Waals surface area contributed by atoms with Crippen LogP contribution in [0.2, 0.25) is 0 Å². The van der Waals surface area contributed by atoms with Crippen LogP contribution >= 0.6 is 0 Å². The first-order valence-electron chi connectivity index (χ1n) is 10.6. The fraction of sp³-hybridized carbons (Fsp3) is 0.348. The fourth-order valence-corrected chi connectivity index (χ4v) is 4.48. The van der Waals surface area contributed by atoms with Crippen LogP contribution in [-0.4, -0.2) is 35.3 Å². The van der Waals surface area contributed by atoms with E-state index in [1.807, 2.05) is 25.1 Å². The van der Waals surface area contributed by atoms with Crippen molar-refractivity contribution in [2.45, 2.75) is 46.1 Å². The van der Waals surface area contributed by atoms with Crippen molar-refractivity contribution in [3.05, 3.63) is 58.9 Å². The zero-order chi connectivity index (χ0) is 22.9. The molecule has 3 aromatic rings. The number of benzene rings is 2. The van der Waals surface area contributed by atoms with E-state index in [2.05, 4.69) is 24.8 Å². The highest BCUT2D eigenvalue weighted by Crippen LogP contribution is 2.27. The van der Waals surface area contributed by atoms with Crippen LogP contribution in [0.4, 0.5) is 11.4 Å². The minimum atomic E-state index is -3.45. The van der Waals surface area contributed by atoms with Crippen LogP contribution < -0.4 is 10.0 Å². The summed E-state index contributed by atoms with van der Waals surface area (Å²) in [4.78, 5) is 12.9. The SMILES string of the molecule is Cc1ccc(-c2nnc3n2CCCCC3)cc1NC(=O)c1ccc(C)c(NS(C)(=O)=O)c1. The van der Waals surface area contributed by atoms with E-state index >= 15 is 0 Å². The highest BCUT2D eigenvalue weighted by molar-refractivity contribution is 7.92. The molecule has 0 saturated carbocycles. The molecule has 9 heteroatoms. The van der Waals surface area contributed by atoms with E-state index in [1.54, 1.807) is 25.1 Å². The highest BCUT2D eigenvalue weighted by atomic mass is 32.2. The average Bonchev–Trinajstić information content (AvgIpc) is 2.98. The first-order chi connectivity index (χ1) is 15.2. The van der Waals surface area contributed by atoms with Gasteiger partial charge in [-0.1, -0.05) is 24.6 Å². The van der Waals surface area contributed by atoms with Crippen molar-refractivity contribution in [3.63, 3.8) is 0 Å². The van der Waals surface area contributed by atoms with Crippen molar-refractivity contribution in [1.29, 1.82) is 0 Å². The van der Waals surface area contributed by atoms with Gasteiger partial charge in [0.1, 0.15) is 5.82 Å². The topological polar surface area (TPSA) is 106 Å². The third-order valence-electron chi connectivity index (χ3n) is 5.65. The number of aromatic nitrogens is 3. The van der Waals surface area contributed by atoms with Gasteiger partial charge in [0.15, 0.2) is 5.82 Å². The molecule has 168 valence electrons. The second-order valence-corrected chi connectivity index (χ2v) is 10.0. The molecule has 0 aliphatic carbocycles. The summed E-state index contributed by atoms with van der Waals surface area (Å²) in [7, 11) is -3.45. The van der Waals surface area contributed by atoms with Crippen LogP contribution in [0.15, 0.2) is 36.4 Å². The first kappa shape index (κ1) is 22.0. The summed E-state index contributed by atoms with van der Waals surface area (Å²) in [6.45, 7) is 4.60. The number of nitrogens with zero attached hydrogens (tertiary/aromatic N) is 3. The Bertz CT molecular complexity index is 1280. The van der Waals surface area contributed by atoms with E-state index in [0.717, 1.165) is 60.4 Å². The number of carbonyl (C=O) groups is 1. The lowest BCUT2D eigenvalue weighted by molar-refractivity contribution is 0.102. The lowest BCUT2D eigenvalue weighted by atomic mass is 10.1. The van der Waals surface area contributed by atoms with Crippen molar-refractivity contribution < 1.29 is 13.2 Å². The van der Waals surface area contributed by atoms with E-state index in [0.29, 0.717) is 16.9 Å². The number of amides is 1. The van der Waals surface area contributed by atoms with E-state index in [4.69, 9.17) is 0 Å². The maximum Gasteiger partial charge on any atom is 0.255 e. The zero-order valence-electron chi connectivity index (χ0n) is 18.5. The summed E-state index contributed by atoms with van der Waals surface area (Å²) in [5, 5.41) is 11.7. The Morgan fingerprint density at radius 3 is 2.50 bits per heavy atom. The van der Waals surface area contributed by atoms with Crippen LogP contribution in [-0.2, 0) is 23.0 Å². The molecule has 1 aliphatic rings. The molecule has 2 N–H and O–H groups in total. The number of anilines is 2. The predicted molar refractivity (Wildman–Crippen MR) is 125 cm³/mol. The Labute approximate surface area is 188 Å². The lowest BCUT2D eigenvalue weighted by Gasteiger charge is -2.13. The zero-order valence-corrected chi connectivity index (χ0v) is 19.3. The van der Waals surface area contributed by atoms with Crippen LogP contribution in [0.25, 0.3) is 11.4 Å². The standard InChI is InChI=1S/C23H27N5O3S/c1-15-8-10-17(22-26-25-21-7-5-4-6-12-28(21)22)13-19(15)24-23(29)18-11-9-16(2)20(14-18)27-32(3,30)31/h8-11,13-14,27H,4-7,12H2,1-3H3,(H,24,29). The van der Waals surface area contributed by atoms with Crippen molar-refractivity contribution in [2.24, 2.45) is 0 Å². The maximum absolute atomic E-state index is 12.9. The molecule has 0 unspecified atom stereocenters. The summed E-state index contributed by atoms with van der Waals surface area (Å²) in [5.41, 5.74) is 3.98. The number of nitrogens with one attached hydrogen (secondary N) is 2. The molecule has 0 bridgehead atoms. The largest absolute Gasteiger partial charge is 0.322 e. The molecule has 1 aliphatic heterocycles. The van der Waals surface area contributed by atoms with E-state index < -0.39 is 10.0 Å². The monoisotopic (exact) mass is 453 g/mol. The van der Waals surface area contributed by atoms with E-state index in [1.165, 1.54) is 6.42 Å². The van der Waals surface area contributed by atoms with Gasteiger partial charge in [-0.2, -0.15) is 0 Å². The van der Waals surface area contributed by atoms with Gasteiger partial charge in [-0.25, -0.2) is 8.42 Å². The van der Waals surface area contributed by atoms with E-state index in [-0.39, 0.29) is 5.91 Å². The van der Waals surface area contributed by atoms with E-state index in [9.17, 15) is 13.2 Å². The molecule has 1 aromatic heterocycles. The van der Waals surface area contributed by atoms with Gasteiger partial charge in [-0.05, 0) is 56.0 Å². The third kappa shape index (κ3) is 4.83. The minimum absolute atomic E-state index is 0.318. The molecule has 0 radical (unpaired) electrons. The Morgan fingerprint density at radius 1 is 0.969 bits per heavy atom. The number of carbonyl (C=O) groups excluding carboxylic acids is 1. The molecule has 2 heterocycles. The number of fused-ring (bicyclic) bond motifs is 1. The predicted octanol–water partition coefficient (Wildman–Crippen LogP) is 3.91. The molecule has 32 heavy (non-hydrogen) atoms. The van der Waals surface area contributed by atoms with Crippen molar-refractivity contribution in [3.8, 4) is 11.4 Å². The van der Waals surface area contributed by atoms with Gasteiger partial charge < -0.3 is 9.88 Å². The second kappa shape index (κ2) is 8.74. The Hall–Kier alpha value is -3.20. The quantitative estimate of drug-likeness (QED) is 0.609. The van der Waals surface area contributed by atoms with Gasteiger partial charge in [-0.3, -0.25) is 9.52 Å². The molecule has 0 spiro atoms. The minimum Gasteiger partial charge on any atom is -0.322 e. The van der Waals surface area contributed by atoms with Crippen molar-refractivity contribution in [2.75, 3.05) is 16.3 Å². The van der Waals surface area contributed by atoms with Crippen LogP contribution in [0, 0.1) is 13.8 Å². The number of rotatable bonds is 5. The molecular weight excluding hydrogens is 426 g/mol. The second-order valence-electron chi connectivity index (χ2n) is 8.29. The maximum atomic E-state index is 12.9. The molecule has 0 saturated heterocycles. The van der Waals surface area contributed by atoms with Gasteiger partial charge >= 0.3 is 0 Å². The lowest BCUT2D eigenvalue weighted by Crippen LogP contribution is -2.15. The molecule has 0 fully saturated rings. The number of hydrogen-bond acceptors (Lipinski definition) is 5. The van der Waals surface area contributed by atoms with Gasteiger partial charge in [0, 0.05) is 29.8 Å². The Morgan fingerprint density at radius 2 is 1.72 bits per heavy atom. The van der Waals surface area contributed by atoms with Crippen molar-refractivity contribution >= 4 is 27.3 Å². The Kier molecular flexibility index (Phi) is 6.01. The number of aryl methyl sites for hydroxylation is 3. The molecule has 2 aromatic carbocycles. The highest BCUT2D eigenvalue weighted by Gasteiger charge is 2.18. The molecule has 1 amide bonds. The number of hydrogen-bond donors (Lipinski definition) is 2. The summed E-state index contributed by atoms with van der Waals surface area (Å²) in [6.07, 6.45) is 5.43. The fourth-order valence-electron chi connectivity index (χ4n) is 3.86. The van der Waals surface area contributed by atoms with Gasteiger partial charge in [-0.15, -0.1) is 10.2 Å².